The molecule has 2 aromatic rings. The Hall–Kier alpha value is -2.21. The van der Waals surface area contributed by atoms with Crippen molar-refractivity contribution in [1.29, 1.82) is 0 Å². The predicted octanol–water partition coefficient (Wildman–Crippen LogP) is 3.71. The Morgan fingerprint density at radius 3 is 2.81 bits per heavy atom. The maximum absolute atomic E-state index is 11.1. The number of pyridine rings is 1. The minimum atomic E-state index is -0.368. The Labute approximate surface area is 126 Å². The van der Waals surface area contributed by atoms with E-state index in [1.807, 2.05) is 12.1 Å². The maximum atomic E-state index is 11.1. The van der Waals surface area contributed by atoms with E-state index in [2.05, 4.69) is 4.98 Å². The van der Waals surface area contributed by atoms with Crippen molar-refractivity contribution in [2.45, 2.75) is 24.5 Å². The van der Waals surface area contributed by atoms with Gasteiger partial charge in [0.1, 0.15) is 6.29 Å². The summed E-state index contributed by atoms with van der Waals surface area (Å²) in [5.74, 6) is 0.523. The van der Waals surface area contributed by atoms with E-state index < -0.39 is 0 Å². The largest absolute Gasteiger partial charge is 0.298 e. The number of carbonyl (C=O) groups is 1. The van der Waals surface area contributed by atoms with E-state index in [0.29, 0.717) is 28.1 Å². The SMILES string of the molecule is Cc1cnc(CSc2cccc(C=O)c2)c(C)c1[N+](=O)[O-]. The number of rotatable bonds is 5. The predicted molar refractivity (Wildman–Crippen MR) is 81.8 cm³/mol. The van der Waals surface area contributed by atoms with Gasteiger partial charge in [-0.2, -0.15) is 0 Å². The first kappa shape index (κ1) is 15.2. The van der Waals surface area contributed by atoms with Crippen LogP contribution in [0.2, 0.25) is 0 Å². The summed E-state index contributed by atoms with van der Waals surface area (Å²) in [6, 6.07) is 7.23. The van der Waals surface area contributed by atoms with Gasteiger partial charge in [0.15, 0.2) is 0 Å². The average molecular weight is 302 g/mol. The molecule has 5 nitrogen and oxygen atoms in total. The Kier molecular flexibility index (Phi) is 4.70. The number of aldehydes is 1. The van der Waals surface area contributed by atoms with Gasteiger partial charge in [0.25, 0.3) is 5.69 Å². The molecule has 1 aromatic carbocycles. The Morgan fingerprint density at radius 2 is 2.14 bits per heavy atom. The molecule has 0 spiro atoms. The van der Waals surface area contributed by atoms with E-state index >= 15 is 0 Å². The standard InChI is InChI=1S/C15H14N2O3S/c1-10-7-16-14(11(2)15(10)17(19)20)9-21-13-5-3-4-12(6-13)8-18/h3-8H,9H2,1-2H3. The summed E-state index contributed by atoms with van der Waals surface area (Å²) in [6.07, 6.45) is 2.33. The van der Waals surface area contributed by atoms with Crippen LogP contribution in [0.3, 0.4) is 0 Å². The topological polar surface area (TPSA) is 73.1 Å². The number of benzene rings is 1. The smallest absolute Gasteiger partial charge is 0.278 e. The highest BCUT2D eigenvalue weighted by molar-refractivity contribution is 7.98. The van der Waals surface area contributed by atoms with Gasteiger partial charge in [0, 0.05) is 33.5 Å². The molecule has 0 radical (unpaired) electrons. The van der Waals surface area contributed by atoms with Crippen molar-refractivity contribution in [3.63, 3.8) is 0 Å². The Bertz CT molecular complexity index is 701. The van der Waals surface area contributed by atoms with E-state index in [9.17, 15) is 14.9 Å². The van der Waals surface area contributed by atoms with Gasteiger partial charge in [0.2, 0.25) is 0 Å². The molecule has 1 aromatic heterocycles. The summed E-state index contributed by atoms with van der Waals surface area (Å²) >= 11 is 1.50. The molecule has 21 heavy (non-hydrogen) atoms. The third kappa shape index (κ3) is 3.46. The first-order chi connectivity index (χ1) is 10.0. The zero-order chi connectivity index (χ0) is 15.4. The van der Waals surface area contributed by atoms with Crippen molar-refractivity contribution in [3.05, 3.63) is 63.0 Å². The number of thioether (sulfide) groups is 1. The summed E-state index contributed by atoms with van der Waals surface area (Å²) in [5.41, 5.74) is 2.59. The molecule has 1 heterocycles. The molecule has 0 aliphatic carbocycles. The van der Waals surface area contributed by atoms with E-state index in [0.717, 1.165) is 11.2 Å². The lowest BCUT2D eigenvalue weighted by molar-refractivity contribution is -0.386. The summed E-state index contributed by atoms with van der Waals surface area (Å²) in [6.45, 7) is 3.40. The van der Waals surface area contributed by atoms with Crippen LogP contribution in [0.25, 0.3) is 0 Å². The number of carbonyl (C=O) groups excluding carboxylic acids is 1. The fraction of sp³-hybridized carbons (Fsp3) is 0.200. The van der Waals surface area contributed by atoms with Gasteiger partial charge in [-0.05, 0) is 26.0 Å². The number of hydrogen-bond acceptors (Lipinski definition) is 5. The van der Waals surface area contributed by atoms with Crippen LogP contribution < -0.4 is 0 Å². The van der Waals surface area contributed by atoms with Crippen molar-refractivity contribution in [2.24, 2.45) is 0 Å². The third-order valence-corrected chi connectivity index (χ3v) is 4.13. The van der Waals surface area contributed by atoms with Gasteiger partial charge in [-0.15, -0.1) is 11.8 Å². The fourth-order valence-corrected chi connectivity index (χ4v) is 3.01. The number of nitrogens with zero attached hydrogens (tertiary/aromatic N) is 2. The molecule has 0 fully saturated rings. The van der Waals surface area contributed by atoms with Crippen LogP contribution >= 0.6 is 11.8 Å². The molecule has 0 atom stereocenters. The van der Waals surface area contributed by atoms with Crippen molar-refractivity contribution in [1.82, 2.24) is 4.98 Å². The highest BCUT2D eigenvalue weighted by Crippen LogP contribution is 2.29. The van der Waals surface area contributed by atoms with Gasteiger partial charge in [-0.1, -0.05) is 12.1 Å². The highest BCUT2D eigenvalue weighted by Gasteiger charge is 2.18. The van der Waals surface area contributed by atoms with Gasteiger partial charge in [0.05, 0.1) is 10.6 Å². The van der Waals surface area contributed by atoms with Gasteiger partial charge < -0.3 is 0 Å². The first-order valence-electron chi connectivity index (χ1n) is 6.30. The van der Waals surface area contributed by atoms with Crippen LogP contribution in [-0.4, -0.2) is 16.2 Å². The molecule has 0 saturated heterocycles. The summed E-state index contributed by atoms with van der Waals surface area (Å²) in [7, 11) is 0. The highest BCUT2D eigenvalue weighted by atomic mass is 32.2. The van der Waals surface area contributed by atoms with Gasteiger partial charge in [-0.25, -0.2) is 0 Å². The quantitative estimate of drug-likeness (QED) is 0.364. The van der Waals surface area contributed by atoms with E-state index in [-0.39, 0.29) is 10.6 Å². The lowest BCUT2D eigenvalue weighted by Gasteiger charge is -2.07. The Balaban J connectivity index is 2.22. The molecule has 0 unspecified atom stereocenters. The molecule has 0 saturated carbocycles. The molecule has 0 aliphatic heterocycles. The molecule has 0 N–H and O–H groups in total. The van der Waals surface area contributed by atoms with Crippen LogP contribution in [0.15, 0.2) is 35.4 Å². The second-order valence-corrected chi connectivity index (χ2v) is 5.65. The van der Waals surface area contributed by atoms with Crippen molar-refractivity contribution in [2.75, 3.05) is 0 Å². The first-order valence-corrected chi connectivity index (χ1v) is 7.29. The lowest BCUT2D eigenvalue weighted by atomic mass is 10.1. The molecule has 0 amide bonds. The molecular formula is C15H14N2O3S. The van der Waals surface area contributed by atoms with Crippen molar-refractivity contribution >= 4 is 23.7 Å². The van der Waals surface area contributed by atoms with Crippen molar-refractivity contribution < 1.29 is 9.72 Å². The summed E-state index contributed by atoms with van der Waals surface area (Å²) < 4.78 is 0. The molecule has 6 heteroatoms. The third-order valence-electron chi connectivity index (χ3n) is 3.13. The van der Waals surface area contributed by atoms with Crippen LogP contribution in [0.1, 0.15) is 27.2 Å². The van der Waals surface area contributed by atoms with Gasteiger partial charge in [-0.3, -0.25) is 19.9 Å². The zero-order valence-corrected chi connectivity index (χ0v) is 12.5. The molecule has 0 aliphatic rings. The van der Waals surface area contributed by atoms with E-state index in [1.54, 1.807) is 26.0 Å². The molecule has 108 valence electrons. The minimum absolute atomic E-state index is 0.127. The molecule has 0 bridgehead atoms. The number of aromatic nitrogens is 1. The monoisotopic (exact) mass is 302 g/mol. The average Bonchev–Trinajstić information content (AvgIpc) is 2.46. The zero-order valence-electron chi connectivity index (χ0n) is 11.7. The fourth-order valence-electron chi connectivity index (χ4n) is 2.02. The van der Waals surface area contributed by atoms with Crippen LogP contribution in [-0.2, 0) is 5.75 Å². The van der Waals surface area contributed by atoms with Crippen molar-refractivity contribution in [3.8, 4) is 0 Å². The Morgan fingerprint density at radius 1 is 1.38 bits per heavy atom. The second kappa shape index (κ2) is 6.49. The number of hydrogen-bond donors (Lipinski definition) is 0. The molecular weight excluding hydrogens is 288 g/mol. The normalized spacial score (nSPS) is 10.4. The number of aryl methyl sites for hydroxylation is 1. The minimum Gasteiger partial charge on any atom is -0.298 e. The maximum Gasteiger partial charge on any atom is 0.278 e. The summed E-state index contributed by atoms with van der Waals surface area (Å²) in [4.78, 5) is 26.7. The lowest BCUT2D eigenvalue weighted by Crippen LogP contribution is -2.01. The van der Waals surface area contributed by atoms with Crippen LogP contribution in [0.4, 0.5) is 5.69 Å². The molecule has 2 rings (SSSR count). The van der Waals surface area contributed by atoms with E-state index in [1.165, 1.54) is 18.0 Å². The van der Waals surface area contributed by atoms with Gasteiger partial charge >= 0.3 is 0 Å². The number of nitro groups is 1. The summed E-state index contributed by atoms with van der Waals surface area (Å²) in [5, 5.41) is 11.1. The second-order valence-electron chi connectivity index (χ2n) is 4.60. The van der Waals surface area contributed by atoms with Crippen LogP contribution in [0, 0.1) is 24.0 Å². The van der Waals surface area contributed by atoms with E-state index in [4.69, 9.17) is 0 Å². The van der Waals surface area contributed by atoms with Crippen LogP contribution in [0.5, 0.6) is 0 Å².